The van der Waals surface area contributed by atoms with Gasteiger partial charge in [-0.15, -0.1) is 0 Å². The molecule has 0 fully saturated rings. The molecular weight excluding hydrogens is 358 g/mol. The first-order chi connectivity index (χ1) is 12.7. The largest absolute Gasteiger partial charge is 0.382 e. The van der Waals surface area contributed by atoms with Gasteiger partial charge in [-0.3, -0.25) is 0 Å². The topological polar surface area (TPSA) is 39.7 Å². The molecule has 1 aliphatic rings. The van der Waals surface area contributed by atoms with Crippen molar-refractivity contribution in [2.45, 2.75) is 84.3 Å². The van der Waals surface area contributed by atoms with Crippen LogP contribution in [0.5, 0.6) is 0 Å². The molecule has 0 bridgehead atoms. The molecule has 27 heavy (non-hydrogen) atoms. The lowest BCUT2D eigenvalue weighted by atomic mass is 9.73. The van der Waals surface area contributed by atoms with Crippen LogP contribution < -0.4 is 5.32 Å². The fourth-order valence-corrected chi connectivity index (χ4v) is 3.97. The van der Waals surface area contributed by atoms with Gasteiger partial charge in [0.05, 0.1) is 25.4 Å². The summed E-state index contributed by atoms with van der Waals surface area (Å²) in [5.74, 6) is 0.625. The van der Waals surface area contributed by atoms with Crippen LogP contribution in [0.4, 0.5) is 0 Å². The number of nitrogens with one attached hydrogen (secondary N) is 1. The standard InChI is InChI=1S/C22H43NO3S/c1-17(26-18(2)16-24-6)14-20-8-7-9-21(15-20)22(4,5)10-12-25-13-11-23-19(3)27/h15,17-20,23,27H,7-14,16H2,1-6H3. The van der Waals surface area contributed by atoms with Gasteiger partial charge in [-0.05, 0) is 64.2 Å². The van der Waals surface area contributed by atoms with Crippen molar-refractivity contribution >= 4 is 12.6 Å². The Morgan fingerprint density at radius 3 is 2.63 bits per heavy atom. The maximum atomic E-state index is 6.05. The van der Waals surface area contributed by atoms with E-state index in [1.807, 2.05) is 6.92 Å². The van der Waals surface area contributed by atoms with E-state index < -0.39 is 0 Å². The predicted octanol–water partition coefficient (Wildman–Crippen LogP) is 4.84. The van der Waals surface area contributed by atoms with E-state index in [0.717, 1.165) is 32.6 Å². The molecule has 4 nitrogen and oxygen atoms in total. The molecule has 0 heterocycles. The second-order valence-corrected chi connectivity index (χ2v) is 9.44. The van der Waals surface area contributed by atoms with Crippen molar-refractivity contribution in [2.24, 2.45) is 11.3 Å². The third-order valence-corrected chi connectivity index (χ3v) is 5.57. The Kier molecular flexibility index (Phi) is 12.2. The van der Waals surface area contributed by atoms with Gasteiger partial charge in [0.15, 0.2) is 0 Å². The minimum absolute atomic E-state index is 0.158. The molecule has 1 aliphatic carbocycles. The first-order valence-electron chi connectivity index (χ1n) is 10.6. The average Bonchev–Trinajstić information content (AvgIpc) is 2.58. The van der Waals surface area contributed by atoms with Crippen molar-refractivity contribution in [1.29, 1.82) is 0 Å². The number of ether oxygens (including phenoxy) is 3. The van der Waals surface area contributed by atoms with E-state index in [9.17, 15) is 0 Å². The molecule has 0 aromatic rings. The summed E-state index contributed by atoms with van der Waals surface area (Å²) >= 11 is 4.31. The van der Waals surface area contributed by atoms with Gasteiger partial charge < -0.3 is 19.5 Å². The summed E-state index contributed by atoms with van der Waals surface area (Å²) < 4.78 is 17.0. The molecule has 1 rings (SSSR count). The van der Waals surface area contributed by atoms with Crippen LogP contribution in [0.3, 0.4) is 0 Å². The Morgan fingerprint density at radius 1 is 1.22 bits per heavy atom. The van der Waals surface area contributed by atoms with Crippen molar-refractivity contribution in [3.63, 3.8) is 0 Å². The molecule has 1 N–H and O–H groups in total. The van der Waals surface area contributed by atoms with E-state index in [1.165, 1.54) is 19.3 Å². The molecule has 0 amide bonds. The Labute approximate surface area is 173 Å². The quantitative estimate of drug-likeness (QED) is 0.189. The Balaban J connectivity index is 2.42. The van der Waals surface area contributed by atoms with E-state index >= 15 is 0 Å². The van der Waals surface area contributed by atoms with Crippen LogP contribution in [0.25, 0.3) is 0 Å². The Morgan fingerprint density at radius 2 is 1.96 bits per heavy atom. The number of hydrogen-bond acceptors (Lipinski definition) is 5. The third kappa shape index (κ3) is 10.9. The van der Waals surface area contributed by atoms with Crippen LogP contribution in [0.2, 0.25) is 0 Å². The van der Waals surface area contributed by atoms with Crippen LogP contribution in [-0.4, -0.2) is 51.1 Å². The summed E-state index contributed by atoms with van der Waals surface area (Å²) in [5.41, 5.74) is 1.80. The lowest BCUT2D eigenvalue weighted by molar-refractivity contribution is -0.0380. The molecule has 4 unspecified atom stereocenters. The van der Waals surface area contributed by atoms with E-state index in [1.54, 1.807) is 12.7 Å². The van der Waals surface area contributed by atoms with E-state index in [-0.39, 0.29) is 23.0 Å². The number of allylic oxidation sites excluding steroid dienone is 2. The molecule has 0 radical (unpaired) electrons. The van der Waals surface area contributed by atoms with Gasteiger partial charge in [0.25, 0.3) is 0 Å². The fraction of sp³-hybridized carbons (Fsp3) is 0.909. The summed E-state index contributed by atoms with van der Waals surface area (Å²) in [6.07, 6.45) is 8.90. The van der Waals surface area contributed by atoms with Crippen LogP contribution in [0, 0.1) is 11.3 Å². The van der Waals surface area contributed by atoms with Crippen molar-refractivity contribution < 1.29 is 14.2 Å². The van der Waals surface area contributed by atoms with Crippen LogP contribution in [0.1, 0.15) is 66.7 Å². The summed E-state index contributed by atoms with van der Waals surface area (Å²) in [7, 11) is 1.73. The maximum absolute atomic E-state index is 6.05. The van der Waals surface area contributed by atoms with E-state index in [4.69, 9.17) is 14.2 Å². The van der Waals surface area contributed by atoms with Gasteiger partial charge in [0.2, 0.25) is 0 Å². The number of thiol groups is 1. The zero-order valence-electron chi connectivity index (χ0n) is 18.4. The highest BCUT2D eigenvalue weighted by atomic mass is 32.1. The highest BCUT2D eigenvalue weighted by Gasteiger charge is 2.27. The number of methoxy groups -OCH3 is 1. The van der Waals surface area contributed by atoms with Crippen LogP contribution in [-0.2, 0) is 14.2 Å². The molecule has 0 spiro atoms. The first kappa shape index (κ1) is 25.0. The molecule has 4 atom stereocenters. The molecule has 0 saturated heterocycles. The van der Waals surface area contributed by atoms with E-state index in [2.05, 4.69) is 51.7 Å². The average molecular weight is 402 g/mol. The zero-order chi connectivity index (χ0) is 20.3. The molecule has 5 heteroatoms. The van der Waals surface area contributed by atoms with Crippen molar-refractivity contribution in [3.05, 3.63) is 11.6 Å². The lowest BCUT2D eigenvalue weighted by Crippen LogP contribution is -2.27. The highest BCUT2D eigenvalue weighted by Crippen LogP contribution is 2.39. The molecule has 0 aromatic carbocycles. The van der Waals surface area contributed by atoms with Gasteiger partial charge in [0.1, 0.15) is 0 Å². The Bertz CT molecular complexity index is 426. The molecule has 160 valence electrons. The minimum Gasteiger partial charge on any atom is -0.382 e. The van der Waals surface area contributed by atoms with Gasteiger partial charge in [-0.2, -0.15) is 12.6 Å². The van der Waals surface area contributed by atoms with Crippen LogP contribution >= 0.6 is 12.6 Å². The fourth-order valence-electron chi connectivity index (χ4n) is 3.84. The molecule has 0 aliphatic heterocycles. The minimum atomic E-state index is 0.158. The number of rotatable bonds is 14. The monoisotopic (exact) mass is 401 g/mol. The predicted molar refractivity (Wildman–Crippen MR) is 118 cm³/mol. The van der Waals surface area contributed by atoms with Crippen molar-refractivity contribution in [3.8, 4) is 0 Å². The molecular formula is C22H43NO3S. The van der Waals surface area contributed by atoms with Gasteiger partial charge in [0, 0.05) is 25.6 Å². The third-order valence-electron chi connectivity index (χ3n) is 5.39. The van der Waals surface area contributed by atoms with E-state index in [0.29, 0.717) is 12.5 Å². The lowest BCUT2D eigenvalue weighted by Gasteiger charge is -2.34. The summed E-state index contributed by atoms with van der Waals surface area (Å²) in [6.45, 7) is 14.1. The first-order valence-corrected chi connectivity index (χ1v) is 11.1. The van der Waals surface area contributed by atoms with Crippen molar-refractivity contribution in [2.75, 3.05) is 33.5 Å². The second-order valence-electron chi connectivity index (χ2n) is 8.67. The summed E-state index contributed by atoms with van der Waals surface area (Å²) in [6, 6.07) is 0. The Hall–Kier alpha value is -0.0700. The van der Waals surface area contributed by atoms with Gasteiger partial charge in [-0.1, -0.05) is 25.5 Å². The van der Waals surface area contributed by atoms with Crippen molar-refractivity contribution in [1.82, 2.24) is 5.32 Å². The highest BCUT2D eigenvalue weighted by molar-refractivity contribution is 7.80. The maximum Gasteiger partial charge on any atom is 0.0783 e. The zero-order valence-corrected chi connectivity index (χ0v) is 19.3. The normalized spacial score (nSPS) is 21.6. The smallest absolute Gasteiger partial charge is 0.0783 e. The van der Waals surface area contributed by atoms with Crippen LogP contribution in [0.15, 0.2) is 11.6 Å². The molecule has 0 saturated carbocycles. The number of hydrogen-bond donors (Lipinski definition) is 2. The van der Waals surface area contributed by atoms with Gasteiger partial charge in [-0.25, -0.2) is 0 Å². The van der Waals surface area contributed by atoms with Gasteiger partial charge >= 0.3 is 0 Å². The second kappa shape index (κ2) is 13.2. The molecule has 0 aromatic heterocycles. The summed E-state index contributed by atoms with van der Waals surface area (Å²) in [4.78, 5) is 0. The summed E-state index contributed by atoms with van der Waals surface area (Å²) in [5, 5.41) is 3.48. The SMILES string of the molecule is COCC(C)OC(C)CC1C=C(C(C)(C)CCOCCNC(C)S)CCC1.